The molecule has 0 aromatic carbocycles. The average molecular weight is 425 g/mol. The van der Waals surface area contributed by atoms with E-state index in [1.165, 1.54) is 0 Å². The second-order valence-electron chi connectivity index (χ2n) is 8.88. The molecule has 4 N–H and O–H groups in total. The average Bonchev–Trinajstić information content (AvgIpc) is 2.65. The topological polar surface area (TPSA) is 124 Å². The summed E-state index contributed by atoms with van der Waals surface area (Å²) >= 11 is 0. The van der Waals surface area contributed by atoms with Gasteiger partial charge in [-0.3, -0.25) is 9.59 Å². The second kappa shape index (κ2) is 11.1. The predicted octanol–water partition coefficient (Wildman–Crippen LogP) is 2.44. The van der Waals surface area contributed by atoms with Gasteiger partial charge in [0.25, 0.3) is 0 Å². The summed E-state index contributed by atoms with van der Waals surface area (Å²) in [6, 6.07) is 0. The summed E-state index contributed by atoms with van der Waals surface area (Å²) in [5.74, 6) is -1.31. The molecule has 0 saturated carbocycles. The van der Waals surface area contributed by atoms with Crippen molar-refractivity contribution in [2.45, 2.75) is 83.7 Å². The number of fused-ring (bicyclic) bond motifs is 1. The molecule has 7 nitrogen and oxygen atoms in total. The van der Waals surface area contributed by atoms with Crippen molar-refractivity contribution in [3.05, 3.63) is 23.8 Å². The number of carbonyl (C=O) groups excluding carboxylic acids is 1. The van der Waals surface area contributed by atoms with Gasteiger partial charge in [0, 0.05) is 12.3 Å². The molecule has 0 bridgehead atoms. The number of esters is 1. The van der Waals surface area contributed by atoms with Crippen molar-refractivity contribution in [1.29, 1.82) is 0 Å². The molecule has 30 heavy (non-hydrogen) atoms. The number of carboxylic acids is 1. The third-order valence-corrected chi connectivity index (χ3v) is 6.44. The monoisotopic (exact) mass is 424 g/mol. The zero-order chi connectivity index (χ0) is 22.4. The van der Waals surface area contributed by atoms with E-state index in [0.29, 0.717) is 25.7 Å². The van der Waals surface area contributed by atoms with Crippen molar-refractivity contribution in [2.24, 2.45) is 23.7 Å². The first-order valence-corrected chi connectivity index (χ1v) is 11.0. The van der Waals surface area contributed by atoms with Crippen molar-refractivity contribution < 1.29 is 34.8 Å². The molecule has 0 fully saturated rings. The fourth-order valence-corrected chi connectivity index (χ4v) is 4.52. The number of aliphatic hydroxyl groups is 3. The first-order valence-electron chi connectivity index (χ1n) is 11.0. The maximum atomic E-state index is 12.4. The van der Waals surface area contributed by atoms with E-state index in [1.807, 2.05) is 26.0 Å². The smallest absolute Gasteiger partial charge is 0.308 e. The van der Waals surface area contributed by atoms with Crippen LogP contribution in [0.5, 0.6) is 0 Å². The van der Waals surface area contributed by atoms with Gasteiger partial charge in [0.05, 0.1) is 30.7 Å². The minimum atomic E-state index is -1.10. The number of rotatable bonds is 10. The van der Waals surface area contributed by atoms with E-state index in [1.54, 1.807) is 0 Å². The summed E-state index contributed by atoms with van der Waals surface area (Å²) in [4.78, 5) is 23.1. The number of aliphatic hydroxyl groups excluding tert-OH is 3. The van der Waals surface area contributed by atoms with Gasteiger partial charge in [-0.2, -0.15) is 0 Å². The fourth-order valence-electron chi connectivity index (χ4n) is 4.52. The summed E-state index contributed by atoms with van der Waals surface area (Å²) in [6.07, 6.45) is 4.64. The van der Waals surface area contributed by atoms with Crippen LogP contribution in [0.4, 0.5) is 0 Å². The number of allylic oxidation sites excluding steroid dienone is 2. The van der Waals surface area contributed by atoms with Gasteiger partial charge >= 0.3 is 11.9 Å². The highest BCUT2D eigenvalue weighted by atomic mass is 16.5. The second-order valence-corrected chi connectivity index (χ2v) is 8.88. The van der Waals surface area contributed by atoms with E-state index in [2.05, 4.69) is 13.0 Å². The zero-order valence-electron chi connectivity index (χ0n) is 18.1. The molecule has 0 saturated heterocycles. The number of carbonyl (C=O) groups is 2. The summed E-state index contributed by atoms with van der Waals surface area (Å²) in [5, 5.41) is 39.1. The van der Waals surface area contributed by atoms with Gasteiger partial charge in [-0.05, 0) is 43.1 Å². The van der Waals surface area contributed by atoms with Gasteiger partial charge in [-0.25, -0.2) is 0 Å². The third kappa shape index (κ3) is 6.65. The van der Waals surface area contributed by atoms with Gasteiger partial charge in [-0.1, -0.05) is 39.0 Å². The Labute approximate surface area is 178 Å². The highest BCUT2D eigenvalue weighted by Crippen LogP contribution is 2.44. The lowest BCUT2D eigenvalue weighted by atomic mass is 9.66. The predicted molar refractivity (Wildman–Crippen MR) is 111 cm³/mol. The molecule has 0 unspecified atom stereocenters. The number of carboxylic acid groups (broad SMARTS) is 1. The van der Waals surface area contributed by atoms with Crippen LogP contribution in [0.15, 0.2) is 23.8 Å². The van der Waals surface area contributed by atoms with Crippen LogP contribution >= 0.6 is 0 Å². The van der Waals surface area contributed by atoms with Crippen LogP contribution in [0.3, 0.4) is 0 Å². The van der Waals surface area contributed by atoms with E-state index in [9.17, 15) is 24.9 Å². The van der Waals surface area contributed by atoms with Crippen LogP contribution < -0.4 is 0 Å². The summed E-state index contributed by atoms with van der Waals surface area (Å²) in [7, 11) is 0. The van der Waals surface area contributed by atoms with Crippen LogP contribution in [0.1, 0.15) is 59.3 Å². The largest absolute Gasteiger partial charge is 0.481 e. The van der Waals surface area contributed by atoms with Crippen LogP contribution in [-0.2, 0) is 14.3 Å². The molecule has 7 heteroatoms. The molecular weight excluding hydrogens is 388 g/mol. The molecule has 0 amide bonds. The number of aliphatic carboxylic acids is 1. The summed E-state index contributed by atoms with van der Waals surface area (Å²) in [5.41, 5.74) is 0.958. The molecular formula is C23H36O7. The first-order chi connectivity index (χ1) is 14.1. The molecule has 0 aromatic heterocycles. The van der Waals surface area contributed by atoms with E-state index in [4.69, 9.17) is 9.84 Å². The Morgan fingerprint density at radius 1 is 1.27 bits per heavy atom. The SMILES string of the molecule is CC[C@H](C)C(=O)O[C@@H]1C[C@H](O)C=C2C=C[C@H](C)[C@H](CC[C@H](O)C[C@H](O)CC(=O)O)[C@H]21. The molecule has 2 rings (SSSR count). The lowest BCUT2D eigenvalue weighted by Gasteiger charge is -2.43. The Hall–Kier alpha value is -1.70. The molecule has 0 aliphatic heterocycles. The number of ether oxygens (including phenoxy) is 1. The van der Waals surface area contributed by atoms with Crippen LogP contribution in [0.25, 0.3) is 0 Å². The third-order valence-electron chi connectivity index (χ3n) is 6.44. The highest BCUT2D eigenvalue weighted by Gasteiger charge is 2.42. The van der Waals surface area contributed by atoms with Crippen LogP contribution in [0.2, 0.25) is 0 Å². The number of hydrogen-bond acceptors (Lipinski definition) is 6. The Bertz CT molecular complexity index is 656. The van der Waals surface area contributed by atoms with Gasteiger partial charge in [-0.15, -0.1) is 0 Å². The Morgan fingerprint density at radius 2 is 1.97 bits per heavy atom. The van der Waals surface area contributed by atoms with E-state index in [0.717, 1.165) is 5.57 Å². The number of hydrogen-bond donors (Lipinski definition) is 4. The molecule has 8 atom stereocenters. The van der Waals surface area contributed by atoms with Crippen LogP contribution in [0, 0.1) is 23.7 Å². The minimum absolute atomic E-state index is 0.0156. The molecule has 0 heterocycles. The summed E-state index contributed by atoms with van der Waals surface area (Å²) in [6.45, 7) is 5.85. The van der Waals surface area contributed by atoms with Gasteiger partial charge in [0.2, 0.25) is 0 Å². The normalized spacial score (nSPS) is 31.3. The lowest BCUT2D eigenvalue weighted by molar-refractivity contribution is -0.159. The van der Waals surface area contributed by atoms with Crippen molar-refractivity contribution in [1.82, 2.24) is 0 Å². The van der Waals surface area contributed by atoms with Gasteiger partial charge in [0.1, 0.15) is 6.10 Å². The highest BCUT2D eigenvalue weighted by molar-refractivity contribution is 5.72. The standard InChI is InChI=1S/C23H36O7/c1-4-13(2)23(29)30-20-11-17(25)9-15-6-5-14(3)19(22(15)20)8-7-16(24)10-18(26)12-21(27)28/h5-6,9,13-14,16-20,22,24-26H,4,7-8,10-12H2,1-3H3,(H,27,28)/t13-,14-,16-,17+,18-,19-,20+,22-/m0/s1. The molecule has 0 radical (unpaired) electrons. The summed E-state index contributed by atoms with van der Waals surface area (Å²) < 4.78 is 5.84. The fraction of sp³-hybridized carbons (Fsp3) is 0.739. The maximum Gasteiger partial charge on any atom is 0.308 e. The molecule has 0 spiro atoms. The lowest BCUT2D eigenvalue weighted by Crippen LogP contribution is -2.43. The van der Waals surface area contributed by atoms with Crippen molar-refractivity contribution in [3.63, 3.8) is 0 Å². The van der Waals surface area contributed by atoms with E-state index in [-0.39, 0.29) is 42.5 Å². The quantitative estimate of drug-likeness (QED) is 0.397. The van der Waals surface area contributed by atoms with Crippen molar-refractivity contribution >= 4 is 11.9 Å². The van der Waals surface area contributed by atoms with Crippen molar-refractivity contribution in [2.75, 3.05) is 0 Å². The zero-order valence-corrected chi connectivity index (χ0v) is 18.1. The Morgan fingerprint density at radius 3 is 2.60 bits per heavy atom. The van der Waals surface area contributed by atoms with E-state index < -0.39 is 30.4 Å². The molecule has 2 aliphatic rings. The molecule has 170 valence electrons. The Kier molecular flexibility index (Phi) is 9.07. The van der Waals surface area contributed by atoms with Crippen molar-refractivity contribution in [3.8, 4) is 0 Å². The maximum absolute atomic E-state index is 12.4. The minimum Gasteiger partial charge on any atom is -0.481 e. The molecule has 2 aliphatic carbocycles. The van der Waals surface area contributed by atoms with Crippen LogP contribution in [-0.4, -0.2) is 56.8 Å². The van der Waals surface area contributed by atoms with E-state index >= 15 is 0 Å². The Balaban J connectivity index is 2.09. The molecule has 0 aromatic rings. The first kappa shape index (κ1) is 24.6. The van der Waals surface area contributed by atoms with Gasteiger partial charge in [0.15, 0.2) is 0 Å². The van der Waals surface area contributed by atoms with Gasteiger partial charge < -0.3 is 25.2 Å².